The molecule has 0 aromatic heterocycles. The Kier molecular flexibility index (Phi) is 4.63. The smallest absolute Gasteiger partial charge is 0.425 e. The second-order valence-corrected chi connectivity index (χ2v) is 7.75. The number of cyclic esters (lactones) is 1. The molecule has 0 N–H and O–H groups in total. The van der Waals surface area contributed by atoms with Crippen molar-refractivity contribution in [3.8, 4) is 0 Å². The van der Waals surface area contributed by atoms with Gasteiger partial charge in [-0.2, -0.15) is 4.31 Å². The topological polar surface area (TPSA) is 63.7 Å². The van der Waals surface area contributed by atoms with Crippen LogP contribution in [-0.4, -0.2) is 24.9 Å². The molecule has 1 amide bonds. The number of hydrogen-bond donors (Lipinski definition) is 0. The molecule has 2 aromatic rings. The molecule has 130 valence electrons. The van der Waals surface area contributed by atoms with E-state index >= 15 is 0 Å². The van der Waals surface area contributed by atoms with E-state index in [1.807, 2.05) is 25.1 Å². The molecule has 0 bridgehead atoms. The molecule has 0 aliphatic carbocycles. The number of carbonyl (C=O) groups excluding carboxylic acids is 1. The molecule has 0 saturated carbocycles. The van der Waals surface area contributed by atoms with Crippen molar-refractivity contribution in [3.05, 3.63) is 78.4 Å². The van der Waals surface area contributed by atoms with Gasteiger partial charge >= 0.3 is 6.09 Å². The largest absolute Gasteiger partial charge is 0.441 e. The number of benzene rings is 2. The van der Waals surface area contributed by atoms with Crippen LogP contribution >= 0.6 is 0 Å². The molecular formula is C19H19NO4S. The predicted molar refractivity (Wildman–Crippen MR) is 94.5 cm³/mol. The lowest BCUT2D eigenvalue weighted by Gasteiger charge is -2.37. The molecule has 1 fully saturated rings. The molecule has 0 spiro atoms. The third-order valence-electron chi connectivity index (χ3n) is 4.20. The Morgan fingerprint density at radius 1 is 1.12 bits per heavy atom. The van der Waals surface area contributed by atoms with Crippen LogP contribution in [0.3, 0.4) is 0 Å². The fraction of sp³-hybridized carbons (Fsp3) is 0.211. The third-order valence-corrected chi connectivity index (χ3v) is 5.99. The highest BCUT2D eigenvalue weighted by molar-refractivity contribution is 7.89. The monoisotopic (exact) mass is 357 g/mol. The molecule has 6 heteroatoms. The summed E-state index contributed by atoms with van der Waals surface area (Å²) in [5.41, 5.74) is 1.67. The highest BCUT2D eigenvalue weighted by atomic mass is 32.2. The van der Waals surface area contributed by atoms with Gasteiger partial charge in [0.15, 0.2) is 0 Å². The van der Waals surface area contributed by atoms with Gasteiger partial charge in [0.05, 0.1) is 10.9 Å². The average Bonchev–Trinajstić information content (AvgIpc) is 2.61. The van der Waals surface area contributed by atoms with E-state index in [-0.39, 0.29) is 4.90 Å². The number of sulfonamides is 1. The van der Waals surface area contributed by atoms with Crippen molar-refractivity contribution in [1.29, 1.82) is 0 Å². The Balaban J connectivity index is 2.08. The van der Waals surface area contributed by atoms with E-state index in [9.17, 15) is 13.2 Å². The summed E-state index contributed by atoms with van der Waals surface area (Å²) in [6, 6.07) is 14.8. The Labute approximate surface area is 147 Å². The van der Waals surface area contributed by atoms with Crippen LogP contribution in [0.2, 0.25) is 0 Å². The van der Waals surface area contributed by atoms with Crippen molar-refractivity contribution < 1.29 is 17.9 Å². The van der Waals surface area contributed by atoms with Crippen LogP contribution in [0.5, 0.6) is 0 Å². The van der Waals surface area contributed by atoms with E-state index in [1.54, 1.807) is 24.3 Å². The first-order chi connectivity index (χ1) is 11.9. The fourth-order valence-electron chi connectivity index (χ4n) is 2.85. The predicted octanol–water partition coefficient (Wildman–Crippen LogP) is 3.82. The Bertz CT molecular complexity index is 875. The van der Waals surface area contributed by atoms with E-state index in [4.69, 9.17) is 4.74 Å². The van der Waals surface area contributed by atoms with Gasteiger partial charge in [-0.1, -0.05) is 60.7 Å². The van der Waals surface area contributed by atoms with Crippen LogP contribution in [-0.2, 0) is 14.8 Å². The van der Waals surface area contributed by atoms with Crippen LogP contribution in [0.1, 0.15) is 23.6 Å². The zero-order valence-corrected chi connectivity index (χ0v) is 14.6. The van der Waals surface area contributed by atoms with Gasteiger partial charge in [-0.15, -0.1) is 0 Å². The number of ether oxygens (including phenoxy) is 1. The summed E-state index contributed by atoms with van der Waals surface area (Å²) < 4.78 is 32.2. The minimum Gasteiger partial charge on any atom is -0.441 e. The van der Waals surface area contributed by atoms with Gasteiger partial charge in [-0.3, -0.25) is 0 Å². The van der Waals surface area contributed by atoms with Crippen molar-refractivity contribution in [2.75, 3.05) is 0 Å². The molecule has 0 unspecified atom stereocenters. The van der Waals surface area contributed by atoms with Crippen molar-refractivity contribution in [2.45, 2.75) is 30.4 Å². The lowest BCUT2D eigenvalue weighted by molar-refractivity contribution is 0.0482. The lowest BCUT2D eigenvalue weighted by Crippen LogP contribution is -2.46. The van der Waals surface area contributed by atoms with E-state index in [0.29, 0.717) is 6.42 Å². The Hall–Kier alpha value is -2.60. The number of nitrogens with zero attached hydrogens (tertiary/aromatic N) is 1. The standard InChI is InChI=1S/C19H19NO4S/c1-3-16-13-18(15-7-5-4-6-8-15)20(19(21)24-16)25(22,23)17-11-9-14(2)10-12-17/h3-12,16,18H,1,13H2,2H3/t16-,18-/m0/s1. The SMILES string of the molecule is C=C[C@H]1C[C@@H](c2ccccc2)N(S(=O)(=O)c2ccc(C)cc2)C(=O)O1. The highest BCUT2D eigenvalue weighted by Crippen LogP contribution is 2.36. The molecule has 1 aliphatic rings. The summed E-state index contributed by atoms with van der Waals surface area (Å²) >= 11 is 0. The average molecular weight is 357 g/mol. The fourth-order valence-corrected chi connectivity index (χ4v) is 4.34. The maximum atomic E-state index is 13.1. The molecule has 2 aromatic carbocycles. The van der Waals surface area contributed by atoms with Gasteiger partial charge in [-0.25, -0.2) is 13.2 Å². The van der Waals surface area contributed by atoms with Crippen molar-refractivity contribution in [1.82, 2.24) is 4.31 Å². The summed E-state index contributed by atoms with van der Waals surface area (Å²) in [7, 11) is -4.03. The minimum absolute atomic E-state index is 0.0630. The van der Waals surface area contributed by atoms with Gasteiger partial charge in [0.25, 0.3) is 10.0 Å². The molecule has 3 rings (SSSR count). The van der Waals surface area contributed by atoms with Gasteiger partial charge in [0.1, 0.15) is 6.10 Å². The van der Waals surface area contributed by atoms with Crippen LogP contribution in [0.4, 0.5) is 4.79 Å². The maximum Gasteiger partial charge on any atom is 0.425 e. The number of rotatable bonds is 4. The molecule has 1 aliphatic heterocycles. The third kappa shape index (κ3) is 3.30. The first kappa shape index (κ1) is 17.2. The Morgan fingerprint density at radius 3 is 2.36 bits per heavy atom. The highest BCUT2D eigenvalue weighted by Gasteiger charge is 2.43. The zero-order valence-electron chi connectivity index (χ0n) is 13.8. The molecular weight excluding hydrogens is 338 g/mol. The summed E-state index contributed by atoms with van der Waals surface area (Å²) in [5.74, 6) is 0. The van der Waals surface area contributed by atoms with Crippen LogP contribution in [0, 0.1) is 6.92 Å². The molecule has 0 radical (unpaired) electrons. The lowest BCUT2D eigenvalue weighted by atomic mass is 9.99. The second-order valence-electron chi connectivity index (χ2n) is 5.93. The second kappa shape index (κ2) is 6.72. The van der Waals surface area contributed by atoms with E-state index in [1.165, 1.54) is 18.2 Å². The first-order valence-corrected chi connectivity index (χ1v) is 9.36. The summed E-state index contributed by atoms with van der Waals surface area (Å²) in [6.07, 6.45) is 0.432. The van der Waals surface area contributed by atoms with Gasteiger partial charge in [0, 0.05) is 6.42 Å². The van der Waals surface area contributed by atoms with Crippen LogP contribution < -0.4 is 0 Å². The summed E-state index contributed by atoms with van der Waals surface area (Å²) in [5, 5.41) is 0. The molecule has 5 nitrogen and oxygen atoms in total. The van der Waals surface area contributed by atoms with E-state index in [2.05, 4.69) is 6.58 Å². The number of carbonyl (C=O) groups is 1. The van der Waals surface area contributed by atoms with E-state index in [0.717, 1.165) is 15.4 Å². The van der Waals surface area contributed by atoms with Crippen molar-refractivity contribution >= 4 is 16.1 Å². The molecule has 2 atom stereocenters. The molecule has 1 saturated heterocycles. The Morgan fingerprint density at radius 2 is 1.76 bits per heavy atom. The normalized spacial score (nSPS) is 20.8. The minimum atomic E-state index is -4.03. The summed E-state index contributed by atoms with van der Waals surface area (Å²) in [6.45, 7) is 5.52. The van der Waals surface area contributed by atoms with Crippen LogP contribution in [0.15, 0.2) is 72.1 Å². The maximum absolute atomic E-state index is 13.1. The zero-order chi connectivity index (χ0) is 18.0. The van der Waals surface area contributed by atoms with E-state index < -0.39 is 28.3 Å². The number of amides is 1. The summed E-state index contributed by atoms with van der Waals surface area (Å²) in [4.78, 5) is 12.6. The number of hydrogen-bond acceptors (Lipinski definition) is 4. The number of aryl methyl sites for hydroxylation is 1. The van der Waals surface area contributed by atoms with Gasteiger partial charge in [-0.05, 0) is 24.6 Å². The molecule has 25 heavy (non-hydrogen) atoms. The quantitative estimate of drug-likeness (QED) is 0.780. The van der Waals surface area contributed by atoms with Gasteiger partial charge in [0.2, 0.25) is 0 Å². The molecule has 1 heterocycles. The van der Waals surface area contributed by atoms with Crippen molar-refractivity contribution in [2.24, 2.45) is 0 Å². The first-order valence-electron chi connectivity index (χ1n) is 7.92. The van der Waals surface area contributed by atoms with Crippen LogP contribution in [0.25, 0.3) is 0 Å². The van der Waals surface area contributed by atoms with Gasteiger partial charge < -0.3 is 4.74 Å². The van der Waals surface area contributed by atoms with Crippen molar-refractivity contribution in [3.63, 3.8) is 0 Å².